The molecule has 1 aliphatic rings. The van der Waals surface area contributed by atoms with Gasteiger partial charge in [0.25, 0.3) is 0 Å². The molecule has 0 aromatic heterocycles. The molecule has 1 unspecified atom stereocenters. The number of amides is 1. The summed E-state index contributed by atoms with van der Waals surface area (Å²) in [5, 5.41) is 3.09. The minimum atomic E-state index is -0.137. The van der Waals surface area contributed by atoms with Gasteiger partial charge in [-0.05, 0) is 38.5 Å². The number of nitrogens with two attached hydrogens (primary N) is 1. The lowest BCUT2D eigenvalue weighted by molar-refractivity contribution is -0.124. The summed E-state index contributed by atoms with van der Waals surface area (Å²) < 4.78 is 5.38. The zero-order valence-corrected chi connectivity index (χ0v) is 11.1. The lowest BCUT2D eigenvalue weighted by Crippen LogP contribution is -2.40. The van der Waals surface area contributed by atoms with Crippen LogP contribution < -0.4 is 11.1 Å². The molecule has 0 aromatic carbocycles. The molecule has 1 saturated carbocycles. The van der Waals surface area contributed by atoms with Gasteiger partial charge in [-0.2, -0.15) is 0 Å². The van der Waals surface area contributed by atoms with Crippen molar-refractivity contribution in [1.82, 2.24) is 5.32 Å². The predicted octanol–water partition coefficient (Wildman–Crippen LogP) is 1.44. The SMILES string of the molecule is CCOC(CN)CC(=O)NC1CCC(C)CC1. The number of carbonyl (C=O) groups excluding carboxylic acids is 1. The minimum Gasteiger partial charge on any atom is -0.377 e. The highest BCUT2D eigenvalue weighted by Gasteiger charge is 2.21. The summed E-state index contributed by atoms with van der Waals surface area (Å²) in [6.45, 7) is 5.21. The van der Waals surface area contributed by atoms with E-state index in [-0.39, 0.29) is 12.0 Å². The van der Waals surface area contributed by atoms with Gasteiger partial charge in [-0.25, -0.2) is 0 Å². The maximum atomic E-state index is 11.8. The largest absolute Gasteiger partial charge is 0.377 e. The van der Waals surface area contributed by atoms with Gasteiger partial charge in [0, 0.05) is 19.2 Å². The summed E-state index contributed by atoms with van der Waals surface area (Å²) in [6, 6.07) is 0.360. The Hall–Kier alpha value is -0.610. The number of hydrogen-bond acceptors (Lipinski definition) is 3. The van der Waals surface area contributed by atoms with Gasteiger partial charge < -0.3 is 15.8 Å². The lowest BCUT2D eigenvalue weighted by Gasteiger charge is -2.27. The molecule has 1 aliphatic carbocycles. The van der Waals surface area contributed by atoms with Gasteiger partial charge in [0.05, 0.1) is 12.5 Å². The molecule has 1 rings (SSSR count). The third-order valence-corrected chi connectivity index (χ3v) is 3.46. The molecule has 0 aromatic rings. The van der Waals surface area contributed by atoms with Crippen LogP contribution in [0.5, 0.6) is 0 Å². The maximum absolute atomic E-state index is 11.8. The van der Waals surface area contributed by atoms with E-state index in [0.717, 1.165) is 18.8 Å². The first-order valence-corrected chi connectivity index (χ1v) is 6.76. The number of hydrogen-bond donors (Lipinski definition) is 2. The van der Waals surface area contributed by atoms with Crippen molar-refractivity contribution in [3.63, 3.8) is 0 Å². The molecule has 0 radical (unpaired) electrons. The maximum Gasteiger partial charge on any atom is 0.222 e. The zero-order chi connectivity index (χ0) is 12.7. The van der Waals surface area contributed by atoms with Crippen LogP contribution >= 0.6 is 0 Å². The lowest BCUT2D eigenvalue weighted by atomic mass is 9.87. The van der Waals surface area contributed by atoms with Crippen molar-refractivity contribution < 1.29 is 9.53 Å². The summed E-state index contributed by atoms with van der Waals surface area (Å²) in [5.74, 6) is 0.886. The Morgan fingerprint density at radius 1 is 1.41 bits per heavy atom. The second-order valence-electron chi connectivity index (χ2n) is 5.04. The van der Waals surface area contributed by atoms with Crippen LogP contribution in [0.1, 0.15) is 46.0 Å². The van der Waals surface area contributed by atoms with E-state index in [2.05, 4.69) is 12.2 Å². The predicted molar refractivity (Wildman–Crippen MR) is 68.6 cm³/mol. The highest BCUT2D eigenvalue weighted by molar-refractivity contribution is 5.76. The van der Waals surface area contributed by atoms with Crippen molar-refractivity contribution in [1.29, 1.82) is 0 Å². The van der Waals surface area contributed by atoms with E-state index >= 15 is 0 Å². The van der Waals surface area contributed by atoms with Gasteiger partial charge >= 0.3 is 0 Å². The second kappa shape index (κ2) is 7.67. The van der Waals surface area contributed by atoms with E-state index in [0.29, 0.717) is 25.6 Å². The molecule has 1 amide bonds. The molecular weight excluding hydrogens is 216 g/mol. The van der Waals surface area contributed by atoms with Crippen molar-refractivity contribution in [3.8, 4) is 0 Å². The molecule has 3 N–H and O–H groups in total. The Bertz CT molecular complexity index is 225. The third kappa shape index (κ3) is 5.50. The topological polar surface area (TPSA) is 64.3 Å². The molecule has 0 bridgehead atoms. The summed E-state index contributed by atoms with van der Waals surface area (Å²) in [6.07, 6.45) is 4.90. The number of carbonyl (C=O) groups is 1. The van der Waals surface area contributed by atoms with Crippen LogP contribution in [0, 0.1) is 5.92 Å². The Morgan fingerprint density at radius 2 is 2.06 bits per heavy atom. The van der Waals surface area contributed by atoms with E-state index in [1.807, 2.05) is 6.92 Å². The van der Waals surface area contributed by atoms with Crippen LogP contribution in [0.2, 0.25) is 0 Å². The van der Waals surface area contributed by atoms with Crippen LogP contribution in [-0.2, 0) is 9.53 Å². The summed E-state index contributed by atoms with van der Waals surface area (Å²) in [5.41, 5.74) is 5.55. The van der Waals surface area contributed by atoms with Crippen molar-refractivity contribution >= 4 is 5.91 Å². The van der Waals surface area contributed by atoms with Crippen molar-refractivity contribution in [3.05, 3.63) is 0 Å². The highest BCUT2D eigenvalue weighted by Crippen LogP contribution is 2.23. The van der Waals surface area contributed by atoms with Gasteiger partial charge in [-0.15, -0.1) is 0 Å². The van der Waals surface area contributed by atoms with E-state index in [1.54, 1.807) is 0 Å². The van der Waals surface area contributed by atoms with E-state index < -0.39 is 0 Å². The fourth-order valence-corrected chi connectivity index (χ4v) is 2.34. The molecule has 17 heavy (non-hydrogen) atoms. The molecule has 1 atom stereocenters. The van der Waals surface area contributed by atoms with Crippen LogP contribution in [0.15, 0.2) is 0 Å². The quantitative estimate of drug-likeness (QED) is 0.740. The van der Waals surface area contributed by atoms with Gasteiger partial charge in [0.15, 0.2) is 0 Å². The minimum absolute atomic E-state index is 0.0773. The normalized spacial score (nSPS) is 26.5. The number of nitrogens with one attached hydrogen (secondary N) is 1. The van der Waals surface area contributed by atoms with Gasteiger partial charge in [0.2, 0.25) is 5.91 Å². The van der Waals surface area contributed by atoms with E-state index in [4.69, 9.17) is 10.5 Å². The van der Waals surface area contributed by atoms with Crippen molar-refractivity contribution in [2.75, 3.05) is 13.2 Å². The monoisotopic (exact) mass is 242 g/mol. The smallest absolute Gasteiger partial charge is 0.222 e. The molecular formula is C13H26N2O2. The average Bonchev–Trinajstić information content (AvgIpc) is 2.31. The van der Waals surface area contributed by atoms with Gasteiger partial charge in [0.1, 0.15) is 0 Å². The molecule has 1 fully saturated rings. The first kappa shape index (κ1) is 14.5. The number of rotatable bonds is 6. The van der Waals surface area contributed by atoms with Gasteiger partial charge in [-0.3, -0.25) is 4.79 Å². The molecule has 4 heteroatoms. The Labute approximate surface area is 104 Å². The highest BCUT2D eigenvalue weighted by atomic mass is 16.5. The Morgan fingerprint density at radius 3 is 2.59 bits per heavy atom. The molecule has 100 valence electrons. The molecule has 4 nitrogen and oxygen atoms in total. The Balaban J connectivity index is 2.24. The molecule has 0 saturated heterocycles. The van der Waals surface area contributed by atoms with Crippen LogP contribution in [0.3, 0.4) is 0 Å². The molecule has 0 aliphatic heterocycles. The Kier molecular flexibility index (Phi) is 6.52. The zero-order valence-electron chi connectivity index (χ0n) is 11.1. The molecule has 0 heterocycles. The number of ether oxygens (including phenoxy) is 1. The molecule has 0 spiro atoms. The second-order valence-corrected chi connectivity index (χ2v) is 5.04. The van der Waals surface area contributed by atoms with Crippen LogP contribution in [0.4, 0.5) is 0 Å². The van der Waals surface area contributed by atoms with Crippen LogP contribution in [0.25, 0.3) is 0 Å². The van der Waals surface area contributed by atoms with Crippen molar-refractivity contribution in [2.24, 2.45) is 11.7 Å². The summed E-state index contributed by atoms with van der Waals surface area (Å²) >= 11 is 0. The fourth-order valence-electron chi connectivity index (χ4n) is 2.34. The first-order chi connectivity index (χ1) is 8.15. The van der Waals surface area contributed by atoms with Gasteiger partial charge in [-0.1, -0.05) is 6.92 Å². The standard InChI is InChI=1S/C13H26N2O2/c1-3-17-12(9-14)8-13(16)15-11-6-4-10(2)5-7-11/h10-12H,3-9,14H2,1-2H3,(H,15,16). The third-order valence-electron chi connectivity index (χ3n) is 3.46. The van der Waals surface area contributed by atoms with E-state index in [1.165, 1.54) is 12.8 Å². The first-order valence-electron chi connectivity index (χ1n) is 6.76. The van der Waals surface area contributed by atoms with Crippen LogP contribution in [-0.4, -0.2) is 31.2 Å². The average molecular weight is 242 g/mol. The van der Waals surface area contributed by atoms with Crippen molar-refractivity contribution in [2.45, 2.75) is 58.1 Å². The summed E-state index contributed by atoms with van der Waals surface area (Å²) in [7, 11) is 0. The van der Waals surface area contributed by atoms with E-state index in [9.17, 15) is 4.79 Å². The summed E-state index contributed by atoms with van der Waals surface area (Å²) in [4.78, 5) is 11.8. The fraction of sp³-hybridized carbons (Fsp3) is 0.923.